The van der Waals surface area contributed by atoms with Crippen LogP contribution in [0, 0.1) is 0 Å². The molecular formula is C14H16ClNO. The molecule has 0 bridgehead atoms. The van der Waals surface area contributed by atoms with Crippen molar-refractivity contribution in [3.8, 4) is 5.75 Å². The number of aromatic nitrogens is 1. The third-order valence-electron chi connectivity index (χ3n) is 2.60. The summed E-state index contributed by atoms with van der Waals surface area (Å²) in [7, 11) is 0. The number of benzene rings is 1. The first-order valence-corrected chi connectivity index (χ1v) is 6.34. The lowest BCUT2D eigenvalue weighted by molar-refractivity contribution is 0.340. The second-order valence-electron chi connectivity index (χ2n) is 3.96. The Morgan fingerprint density at radius 2 is 2.06 bits per heavy atom. The topological polar surface area (TPSA) is 22.1 Å². The summed E-state index contributed by atoms with van der Waals surface area (Å²) in [4.78, 5) is 4.59. The van der Waals surface area contributed by atoms with Crippen LogP contribution < -0.4 is 4.74 Å². The quantitative estimate of drug-likeness (QED) is 0.809. The zero-order valence-corrected chi connectivity index (χ0v) is 10.9. The second kappa shape index (κ2) is 5.37. The van der Waals surface area contributed by atoms with Gasteiger partial charge in [-0.25, -0.2) is 0 Å². The van der Waals surface area contributed by atoms with Crippen molar-refractivity contribution >= 4 is 22.5 Å². The van der Waals surface area contributed by atoms with Crippen LogP contribution in [0.5, 0.6) is 5.75 Å². The number of hydrogen-bond donors (Lipinski definition) is 0. The van der Waals surface area contributed by atoms with Crippen LogP contribution in [0.25, 0.3) is 10.9 Å². The van der Waals surface area contributed by atoms with Crippen LogP contribution in [0.2, 0.25) is 5.02 Å². The number of aryl methyl sites for hydroxylation is 1. The van der Waals surface area contributed by atoms with Crippen LogP contribution in [0.15, 0.2) is 24.3 Å². The van der Waals surface area contributed by atoms with Gasteiger partial charge in [-0.3, -0.25) is 4.98 Å². The molecule has 0 unspecified atom stereocenters. The molecule has 2 nitrogen and oxygen atoms in total. The number of nitrogens with zero attached hydrogens (tertiary/aromatic N) is 1. The van der Waals surface area contributed by atoms with Gasteiger partial charge in [-0.2, -0.15) is 0 Å². The maximum absolute atomic E-state index is 6.27. The predicted octanol–water partition coefficient (Wildman–Crippen LogP) is 4.24. The molecule has 17 heavy (non-hydrogen) atoms. The molecule has 0 saturated carbocycles. The molecule has 1 heterocycles. The molecule has 1 aromatic carbocycles. The highest BCUT2D eigenvalue weighted by Crippen LogP contribution is 2.27. The van der Waals surface area contributed by atoms with Crippen molar-refractivity contribution in [2.45, 2.75) is 26.7 Å². The largest absolute Gasteiger partial charge is 0.494 e. The molecule has 0 atom stereocenters. The van der Waals surface area contributed by atoms with E-state index in [4.69, 9.17) is 16.3 Å². The van der Waals surface area contributed by atoms with E-state index in [0.29, 0.717) is 6.61 Å². The molecule has 0 N–H and O–H groups in total. The minimum atomic E-state index is 0.657. The van der Waals surface area contributed by atoms with Crippen molar-refractivity contribution < 1.29 is 4.74 Å². The van der Waals surface area contributed by atoms with E-state index in [-0.39, 0.29) is 0 Å². The monoisotopic (exact) mass is 249 g/mol. The van der Waals surface area contributed by atoms with Crippen molar-refractivity contribution in [2.24, 2.45) is 0 Å². The molecule has 0 spiro atoms. The van der Waals surface area contributed by atoms with Gasteiger partial charge in [-0.05, 0) is 37.6 Å². The zero-order valence-electron chi connectivity index (χ0n) is 10.2. The molecule has 3 heteroatoms. The summed E-state index contributed by atoms with van der Waals surface area (Å²) in [5.74, 6) is 0.840. The number of pyridine rings is 1. The van der Waals surface area contributed by atoms with E-state index < -0.39 is 0 Å². The van der Waals surface area contributed by atoms with Crippen LogP contribution in [0.1, 0.15) is 26.0 Å². The average molecular weight is 250 g/mol. The van der Waals surface area contributed by atoms with E-state index in [0.717, 1.165) is 40.2 Å². The third-order valence-corrected chi connectivity index (χ3v) is 2.91. The van der Waals surface area contributed by atoms with Crippen LogP contribution >= 0.6 is 11.6 Å². The van der Waals surface area contributed by atoms with E-state index in [1.54, 1.807) is 0 Å². The molecule has 90 valence electrons. The number of hydrogen-bond acceptors (Lipinski definition) is 2. The van der Waals surface area contributed by atoms with Crippen molar-refractivity contribution in [3.63, 3.8) is 0 Å². The maximum atomic E-state index is 6.27. The Morgan fingerprint density at radius 1 is 1.24 bits per heavy atom. The number of halogens is 1. The van der Waals surface area contributed by atoms with E-state index in [1.165, 1.54) is 0 Å². The highest BCUT2D eigenvalue weighted by molar-refractivity contribution is 6.35. The summed E-state index contributed by atoms with van der Waals surface area (Å²) in [6.45, 7) is 4.76. The van der Waals surface area contributed by atoms with E-state index in [2.05, 4.69) is 11.9 Å². The Labute approximate surface area is 107 Å². The van der Waals surface area contributed by atoms with Crippen LogP contribution in [0.4, 0.5) is 0 Å². The summed E-state index contributed by atoms with van der Waals surface area (Å²) >= 11 is 6.27. The predicted molar refractivity (Wildman–Crippen MR) is 71.9 cm³/mol. The fourth-order valence-electron chi connectivity index (χ4n) is 1.86. The van der Waals surface area contributed by atoms with Gasteiger partial charge < -0.3 is 4.74 Å². The molecule has 1 aromatic heterocycles. The minimum Gasteiger partial charge on any atom is -0.494 e. The molecular weight excluding hydrogens is 234 g/mol. The fraction of sp³-hybridized carbons (Fsp3) is 0.357. The lowest BCUT2D eigenvalue weighted by Gasteiger charge is -2.07. The Bertz CT molecular complexity index is 525. The van der Waals surface area contributed by atoms with Crippen LogP contribution in [-0.4, -0.2) is 11.6 Å². The molecule has 0 aliphatic heterocycles. The first-order valence-electron chi connectivity index (χ1n) is 5.96. The van der Waals surface area contributed by atoms with Crippen molar-refractivity contribution in [1.82, 2.24) is 4.98 Å². The molecule has 0 fully saturated rings. The van der Waals surface area contributed by atoms with Gasteiger partial charge in [-0.1, -0.05) is 24.9 Å². The summed E-state index contributed by atoms with van der Waals surface area (Å²) < 4.78 is 5.46. The number of fused-ring (bicyclic) bond motifs is 1. The molecule has 0 radical (unpaired) electrons. The van der Waals surface area contributed by atoms with Crippen molar-refractivity contribution in [1.29, 1.82) is 0 Å². The highest BCUT2D eigenvalue weighted by atomic mass is 35.5. The first-order chi connectivity index (χ1) is 8.24. The van der Waals surface area contributed by atoms with E-state index in [9.17, 15) is 0 Å². The normalized spacial score (nSPS) is 10.8. The van der Waals surface area contributed by atoms with Crippen molar-refractivity contribution in [2.75, 3.05) is 6.61 Å². The molecule has 0 saturated heterocycles. The Morgan fingerprint density at radius 3 is 2.76 bits per heavy atom. The summed E-state index contributed by atoms with van der Waals surface area (Å²) in [6, 6.07) is 7.79. The van der Waals surface area contributed by atoms with Gasteiger partial charge in [-0.15, -0.1) is 0 Å². The lowest BCUT2D eigenvalue weighted by atomic mass is 10.1. The SMILES string of the molecule is CCCc1cc(Cl)c2cc(OCC)ccc2n1. The summed E-state index contributed by atoms with van der Waals surface area (Å²) in [5, 5.41) is 1.71. The third kappa shape index (κ3) is 2.70. The Kier molecular flexibility index (Phi) is 3.85. The van der Waals surface area contributed by atoms with Gasteiger partial charge in [0.2, 0.25) is 0 Å². The molecule has 2 rings (SSSR count). The van der Waals surface area contributed by atoms with Crippen LogP contribution in [-0.2, 0) is 6.42 Å². The average Bonchev–Trinajstić information content (AvgIpc) is 2.31. The number of rotatable bonds is 4. The van der Waals surface area contributed by atoms with Gasteiger partial charge in [0.25, 0.3) is 0 Å². The maximum Gasteiger partial charge on any atom is 0.120 e. The highest BCUT2D eigenvalue weighted by Gasteiger charge is 2.05. The summed E-state index contributed by atoms with van der Waals surface area (Å²) in [5.41, 5.74) is 1.98. The molecule has 0 amide bonds. The minimum absolute atomic E-state index is 0.657. The number of ether oxygens (including phenoxy) is 1. The van der Waals surface area contributed by atoms with E-state index in [1.807, 2.05) is 31.2 Å². The molecule has 0 aliphatic carbocycles. The first kappa shape index (κ1) is 12.2. The molecule has 0 aliphatic rings. The second-order valence-corrected chi connectivity index (χ2v) is 4.36. The van der Waals surface area contributed by atoms with E-state index >= 15 is 0 Å². The van der Waals surface area contributed by atoms with Gasteiger partial charge in [0.05, 0.1) is 17.1 Å². The smallest absolute Gasteiger partial charge is 0.120 e. The van der Waals surface area contributed by atoms with Gasteiger partial charge in [0.15, 0.2) is 0 Å². The Hall–Kier alpha value is -1.28. The summed E-state index contributed by atoms with van der Waals surface area (Å²) in [6.07, 6.45) is 2.04. The fourth-order valence-corrected chi connectivity index (χ4v) is 2.13. The van der Waals surface area contributed by atoms with Gasteiger partial charge >= 0.3 is 0 Å². The molecule has 2 aromatic rings. The van der Waals surface area contributed by atoms with Gasteiger partial charge in [0, 0.05) is 11.1 Å². The Balaban J connectivity index is 2.48. The van der Waals surface area contributed by atoms with Crippen molar-refractivity contribution in [3.05, 3.63) is 35.0 Å². The zero-order chi connectivity index (χ0) is 12.3. The van der Waals surface area contributed by atoms with Gasteiger partial charge in [0.1, 0.15) is 5.75 Å². The van der Waals surface area contributed by atoms with Crippen LogP contribution in [0.3, 0.4) is 0 Å². The standard InChI is InChI=1S/C14H16ClNO/c1-3-5-10-8-13(15)12-9-11(17-4-2)6-7-14(12)16-10/h6-9H,3-5H2,1-2H3. The lowest BCUT2D eigenvalue weighted by Crippen LogP contribution is -1.94.